The Morgan fingerprint density at radius 2 is 1.61 bits per heavy atom. The van der Waals surface area contributed by atoms with Crippen LogP contribution in [0, 0.1) is 0 Å². The molecule has 0 spiro atoms. The standard InChI is InChI=1S/C26H20ClN3O/c27-22-13-4-3-12-21(22)26(31)28-16-25-29-23-14-5-6-15-24(23)30(25)17-19-10-7-9-18-8-1-2-11-20(18)19/h1-15H,16-17H2,(H,28,31). The second-order valence-corrected chi connectivity index (χ2v) is 7.81. The Morgan fingerprint density at radius 3 is 2.52 bits per heavy atom. The van der Waals surface area contributed by atoms with Gasteiger partial charge in [0.25, 0.3) is 5.91 Å². The second kappa shape index (κ2) is 8.25. The zero-order valence-electron chi connectivity index (χ0n) is 16.8. The normalized spacial score (nSPS) is 11.1. The van der Waals surface area contributed by atoms with E-state index in [9.17, 15) is 4.79 Å². The summed E-state index contributed by atoms with van der Waals surface area (Å²) < 4.78 is 2.17. The molecule has 0 saturated carbocycles. The molecule has 4 aromatic carbocycles. The molecule has 4 nitrogen and oxygen atoms in total. The summed E-state index contributed by atoms with van der Waals surface area (Å²) in [4.78, 5) is 17.5. The van der Waals surface area contributed by atoms with E-state index in [-0.39, 0.29) is 5.91 Å². The van der Waals surface area contributed by atoms with E-state index in [4.69, 9.17) is 16.6 Å². The predicted octanol–water partition coefficient (Wildman–Crippen LogP) is 5.82. The summed E-state index contributed by atoms with van der Waals surface area (Å²) in [6.07, 6.45) is 0. The summed E-state index contributed by atoms with van der Waals surface area (Å²) in [6, 6.07) is 29.8. The second-order valence-electron chi connectivity index (χ2n) is 7.40. The zero-order valence-corrected chi connectivity index (χ0v) is 17.5. The SMILES string of the molecule is O=C(NCc1nc2ccccc2n1Cc1cccc2ccccc12)c1ccccc1Cl. The maximum absolute atomic E-state index is 12.7. The molecular formula is C26H20ClN3O. The molecule has 31 heavy (non-hydrogen) atoms. The fraction of sp³-hybridized carbons (Fsp3) is 0.0769. The van der Waals surface area contributed by atoms with Crippen LogP contribution in [0.15, 0.2) is 91.0 Å². The van der Waals surface area contributed by atoms with Crippen LogP contribution in [-0.4, -0.2) is 15.5 Å². The number of imidazole rings is 1. The topological polar surface area (TPSA) is 46.9 Å². The first-order valence-electron chi connectivity index (χ1n) is 10.1. The van der Waals surface area contributed by atoms with Crippen molar-refractivity contribution in [2.75, 3.05) is 0 Å². The first-order chi connectivity index (χ1) is 15.2. The van der Waals surface area contributed by atoms with Crippen LogP contribution in [0.25, 0.3) is 21.8 Å². The predicted molar refractivity (Wildman–Crippen MR) is 125 cm³/mol. The fourth-order valence-corrected chi connectivity index (χ4v) is 4.16. The Morgan fingerprint density at radius 1 is 0.871 bits per heavy atom. The van der Waals surface area contributed by atoms with Gasteiger partial charge >= 0.3 is 0 Å². The van der Waals surface area contributed by atoms with Crippen LogP contribution in [0.2, 0.25) is 5.02 Å². The lowest BCUT2D eigenvalue weighted by Gasteiger charge is -2.13. The first-order valence-corrected chi connectivity index (χ1v) is 10.5. The molecule has 0 fully saturated rings. The van der Waals surface area contributed by atoms with Crippen LogP contribution in [0.1, 0.15) is 21.7 Å². The van der Waals surface area contributed by atoms with E-state index in [0.717, 1.165) is 16.9 Å². The van der Waals surface area contributed by atoms with Crippen molar-refractivity contribution in [1.82, 2.24) is 14.9 Å². The van der Waals surface area contributed by atoms with Crippen LogP contribution in [0.4, 0.5) is 0 Å². The summed E-state index contributed by atoms with van der Waals surface area (Å²) in [6.45, 7) is 0.975. The number of hydrogen-bond donors (Lipinski definition) is 1. The number of amides is 1. The van der Waals surface area contributed by atoms with E-state index in [1.165, 1.54) is 16.3 Å². The minimum Gasteiger partial charge on any atom is -0.345 e. The minimum absolute atomic E-state index is 0.214. The lowest BCUT2D eigenvalue weighted by molar-refractivity contribution is 0.0949. The molecule has 0 radical (unpaired) electrons. The van der Waals surface area contributed by atoms with Crippen molar-refractivity contribution in [2.24, 2.45) is 0 Å². The average Bonchev–Trinajstić information content (AvgIpc) is 3.15. The molecule has 0 aliphatic rings. The molecule has 1 aromatic heterocycles. The van der Waals surface area contributed by atoms with Gasteiger partial charge in [-0.15, -0.1) is 0 Å². The number of benzene rings is 4. The van der Waals surface area contributed by atoms with Crippen molar-refractivity contribution in [3.63, 3.8) is 0 Å². The van der Waals surface area contributed by atoms with Crippen LogP contribution in [-0.2, 0) is 13.1 Å². The number of carbonyl (C=O) groups is 1. The van der Waals surface area contributed by atoms with Gasteiger partial charge in [0.05, 0.1) is 34.7 Å². The van der Waals surface area contributed by atoms with Crippen molar-refractivity contribution < 1.29 is 4.79 Å². The summed E-state index contributed by atoms with van der Waals surface area (Å²) in [5.41, 5.74) is 3.61. The molecule has 5 rings (SSSR count). The first kappa shape index (κ1) is 19.3. The number of aromatic nitrogens is 2. The van der Waals surface area contributed by atoms with Gasteiger partial charge in [-0.25, -0.2) is 4.98 Å². The Bertz CT molecular complexity index is 1400. The number of hydrogen-bond acceptors (Lipinski definition) is 2. The number of nitrogens with zero attached hydrogens (tertiary/aromatic N) is 2. The summed E-state index contributed by atoms with van der Waals surface area (Å²) in [5.74, 6) is 0.587. The maximum atomic E-state index is 12.7. The van der Waals surface area contributed by atoms with Gasteiger partial charge in [-0.05, 0) is 40.6 Å². The van der Waals surface area contributed by atoms with Gasteiger partial charge in [0, 0.05) is 0 Å². The highest BCUT2D eigenvalue weighted by Gasteiger charge is 2.15. The monoisotopic (exact) mass is 425 g/mol. The van der Waals surface area contributed by atoms with E-state index < -0.39 is 0 Å². The van der Waals surface area contributed by atoms with E-state index in [0.29, 0.717) is 23.7 Å². The molecule has 0 atom stereocenters. The molecule has 152 valence electrons. The highest BCUT2D eigenvalue weighted by Crippen LogP contribution is 2.23. The van der Waals surface area contributed by atoms with Gasteiger partial charge in [0.15, 0.2) is 0 Å². The number of rotatable bonds is 5. The van der Waals surface area contributed by atoms with Gasteiger partial charge in [0.1, 0.15) is 5.82 Å². The van der Waals surface area contributed by atoms with E-state index >= 15 is 0 Å². The van der Waals surface area contributed by atoms with Crippen LogP contribution < -0.4 is 5.32 Å². The number of halogens is 1. The molecule has 0 saturated heterocycles. The quantitative estimate of drug-likeness (QED) is 0.385. The third kappa shape index (κ3) is 3.78. The van der Waals surface area contributed by atoms with E-state index in [2.05, 4.69) is 58.4 Å². The number of carbonyl (C=O) groups excluding carboxylic acids is 1. The molecule has 5 aromatic rings. The van der Waals surface area contributed by atoms with E-state index in [1.54, 1.807) is 18.2 Å². The number of para-hydroxylation sites is 2. The molecule has 1 amide bonds. The molecule has 0 aliphatic heterocycles. The molecule has 0 bridgehead atoms. The summed E-state index contributed by atoms with van der Waals surface area (Å²) in [7, 11) is 0. The molecular weight excluding hydrogens is 406 g/mol. The van der Waals surface area contributed by atoms with Gasteiger partial charge < -0.3 is 9.88 Å². The Balaban J connectivity index is 1.50. The lowest BCUT2D eigenvalue weighted by atomic mass is 10.0. The van der Waals surface area contributed by atoms with Crippen molar-refractivity contribution in [1.29, 1.82) is 0 Å². The van der Waals surface area contributed by atoms with Gasteiger partial charge in [-0.3, -0.25) is 4.79 Å². The third-order valence-corrected chi connectivity index (χ3v) is 5.80. The van der Waals surface area contributed by atoms with Gasteiger partial charge in [-0.2, -0.15) is 0 Å². The molecule has 5 heteroatoms. The van der Waals surface area contributed by atoms with Crippen molar-refractivity contribution in [3.8, 4) is 0 Å². The Labute approximate surface area is 185 Å². The van der Waals surface area contributed by atoms with Crippen molar-refractivity contribution in [2.45, 2.75) is 13.1 Å². The zero-order chi connectivity index (χ0) is 21.2. The number of fused-ring (bicyclic) bond motifs is 2. The minimum atomic E-state index is -0.214. The fourth-order valence-electron chi connectivity index (χ4n) is 3.94. The van der Waals surface area contributed by atoms with Gasteiger partial charge in [-0.1, -0.05) is 78.3 Å². The highest BCUT2D eigenvalue weighted by atomic mass is 35.5. The molecule has 0 aliphatic carbocycles. The largest absolute Gasteiger partial charge is 0.345 e. The highest BCUT2D eigenvalue weighted by molar-refractivity contribution is 6.33. The van der Waals surface area contributed by atoms with Gasteiger partial charge in [0.2, 0.25) is 0 Å². The molecule has 1 heterocycles. The lowest BCUT2D eigenvalue weighted by Crippen LogP contribution is -2.25. The third-order valence-electron chi connectivity index (χ3n) is 5.47. The van der Waals surface area contributed by atoms with E-state index in [1.807, 2.05) is 24.3 Å². The van der Waals surface area contributed by atoms with Crippen molar-refractivity contribution in [3.05, 3.63) is 113 Å². The van der Waals surface area contributed by atoms with Crippen molar-refractivity contribution >= 4 is 39.3 Å². The van der Waals surface area contributed by atoms with Crippen LogP contribution in [0.5, 0.6) is 0 Å². The Kier molecular flexibility index (Phi) is 5.14. The number of nitrogens with one attached hydrogen (secondary N) is 1. The average molecular weight is 426 g/mol. The molecule has 1 N–H and O–H groups in total. The maximum Gasteiger partial charge on any atom is 0.253 e. The smallest absolute Gasteiger partial charge is 0.253 e. The summed E-state index contributed by atoms with van der Waals surface area (Å²) >= 11 is 6.18. The Hall–Kier alpha value is -3.63. The summed E-state index contributed by atoms with van der Waals surface area (Å²) in [5, 5.41) is 5.83. The van der Waals surface area contributed by atoms with Crippen LogP contribution >= 0.6 is 11.6 Å². The molecule has 0 unspecified atom stereocenters. The van der Waals surface area contributed by atoms with Crippen LogP contribution in [0.3, 0.4) is 0 Å².